The molecule has 11 heteroatoms. The highest BCUT2D eigenvalue weighted by Crippen LogP contribution is 2.38. The van der Waals surface area contributed by atoms with Crippen LogP contribution in [0.4, 0.5) is 5.82 Å². The van der Waals surface area contributed by atoms with Crippen molar-refractivity contribution in [2.45, 2.75) is 19.5 Å². The topological polar surface area (TPSA) is 139 Å². The molecule has 0 saturated carbocycles. The summed E-state index contributed by atoms with van der Waals surface area (Å²) in [6.45, 7) is 6.87. The van der Waals surface area contributed by atoms with Crippen molar-refractivity contribution in [3.63, 3.8) is 0 Å². The number of piperazine rings is 1. The number of nitrogen functional groups attached to an aromatic ring is 1. The van der Waals surface area contributed by atoms with Crippen LogP contribution >= 0.6 is 0 Å². The summed E-state index contributed by atoms with van der Waals surface area (Å²) in [5.41, 5.74) is 10.3. The summed E-state index contributed by atoms with van der Waals surface area (Å²) < 4.78 is 7.84. The van der Waals surface area contributed by atoms with Gasteiger partial charge in [0, 0.05) is 55.4 Å². The second-order valence-electron chi connectivity index (χ2n) is 11.3. The van der Waals surface area contributed by atoms with Crippen LogP contribution in [0.15, 0.2) is 82.5 Å². The zero-order chi connectivity index (χ0) is 30.4. The molecular weight excluding hydrogens is 556 g/mol. The fraction of sp³-hybridized carbons (Fsp3) is 0.242. The Balaban J connectivity index is 1.40. The molecule has 6 aromatic rings. The van der Waals surface area contributed by atoms with Gasteiger partial charge in [0.2, 0.25) is 0 Å². The minimum atomic E-state index is -0.570. The smallest absolute Gasteiger partial charge is 0.343 e. The monoisotopic (exact) mass is 588 g/mol. The van der Waals surface area contributed by atoms with E-state index in [-0.39, 0.29) is 11.6 Å². The van der Waals surface area contributed by atoms with E-state index in [0.29, 0.717) is 33.4 Å². The first-order chi connectivity index (χ1) is 21.4. The van der Waals surface area contributed by atoms with Crippen LogP contribution < -0.4 is 11.4 Å². The normalized spacial score (nSPS) is 15.2. The van der Waals surface area contributed by atoms with Gasteiger partial charge in [-0.05, 0) is 43.3 Å². The third kappa shape index (κ3) is 4.95. The number of pyridine rings is 1. The molecule has 5 heterocycles. The van der Waals surface area contributed by atoms with Crippen LogP contribution in [0, 0.1) is 0 Å². The molecule has 0 unspecified atom stereocenters. The summed E-state index contributed by atoms with van der Waals surface area (Å²) >= 11 is 0. The predicted molar refractivity (Wildman–Crippen MR) is 169 cm³/mol. The van der Waals surface area contributed by atoms with Crippen molar-refractivity contribution in [1.29, 1.82) is 0 Å². The summed E-state index contributed by atoms with van der Waals surface area (Å²) in [7, 11) is 2.15. The average Bonchev–Trinajstić information content (AvgIpc) is 3.43. The number of aromatic hydroxyl groups is 1. The number of fused-ring (bicyclic) bond motifs is 2. The van der Waals surface area contributed by atoms with Crippen molar-refractivity contribution in [2.75, 3.05) is 39.0 Å². The van der Waals surface area contributed by atoms with Crippen molar-refractivity contribution < 1.29 is 9.52 Å². The molecule has 1 aliphatic heterocycles. The number of hydrogen-bond acceptors (Lipinski definition) is 10. The number of likely N-dealkylation sites (N-methyl/N-ethyl adjacent to an activating group) is 1. The van der Waals surface area contributed by atoms with Crippen LogP contribution in [0.3, 0.4) is 0 Å². The average molecular weight is 589 g/mol. The molecule has 1 aliphatic rings. The van der Waals surface area contributed by atoms with Gasteiger partial charge in [-0.15, -0.1) is 0 Å². The Labute approximate surface area is 253 Å². The molecule has 0 spiro atoms. The molecule has 0 amide bonds. The second-order valence-corrected chi connectivity index (χ2v) is 11.3. The summed E-state index contributed by atoms with van der Waals surface area (Å²) in [6.07, 6.45) is 4.32. The number of anilines is 1. The summed E-state index contributed by atoms with van der Waals surface area (Å²) in [6, 6.07) is 16.9. The molecule has 1 fully saturated rings. The highest BCUT2D eigenvalue weighted by molar-refractivity contribution is 5.99. The molecular formula is C33H32N8O3. The third-order valence-corrected chi connectivity index (χ3v) is 8.34. The van der Waals surface area contributed by atoms with Crippen LogP contribution in [-0.2, 0) is 6.54 Å². The van der Waals surface area contributed by atoms with Crippen LogP contribution in [0.2, 0.25) is 0 Å². The van der Waals surface area contributed by atoms with Crippen molar-refractivity contribution in [1.82, 2.24) is 34.5 Å². The maximum absolute atomic E-state index is 13.4. The molecule has 1 atom stereocenters. The molecule has 11 nitrogen and oxygen atoms in total. The van der Waals surface area contributed by atoms with E-state index >= 15 is 0 Å². The lowest BCUT2D eigenvalue weighted by atomic mass is 9.94. The lowest BCUT2D eigenvalue weighted by Gasteiger charge is -2.32. The van der Waals surface area contributed by atoms with Gasteiger partial charge in [-0.25, -0.2) is 19.4 Å². The fourth-order valence-corrected chi connectivity index (χ4v) is 6.03. The van der Waals surface area contributed by atoms with Crippen LogP contribution in [0.5, 0.6) is 5.75 Å². The van der Waals surface area contributed by atoms with Crippen molar-refractivity contribution in [3.8, 4) is 28.1 Å². The summed E-state index contributed by atoms with van der Waals surface area (Å²) in [5.74, 6) is 0.684. The van der Waals surface area contributed by atoms with E-state index < -0.39 is 11.7 Å². The van der Waals surface area contributed by atoms with Crippen LogP contribution in [0.25, 0.3) is 44.2 Å². The Hall–Kier alpha value is -5.13. The van der Waals surface area contributed by atoms with E-state index in [9.17, 15) is 9.90 Å². The van der Waals surface area contributed by atoms with Gasteiger partial charge in [0.05, 0.1) is 17.0 Å². The maximum Gasteiger partial charge on any atom is 0.343 e. The van der Waals surface area contributed by atoms with E-state index in [1.54, 1.807) is 23.0 Å². The summed E-state index contributed by atoms with van der Waals surface area (Å²) in [5, 5.41) is 16.8. The second kappa shape index (κ2) is 11.2. The van der Waals surface area contributed by atoms with E-state index in [1.807, 2.05) is 25.1 Å². The molecule has 3 N–H and O–H groups in total. The van der Waals surface area contributed by atoms with E-state index in [4.69, 9.17) is 15.2 Å². The Kier molecular flexibility index (Phi) is 7.03. The van der Waals surface area contributed by atoms with Gasteiger partial charge >= 0.3 is 5.63 Å². The lowest BCUT2D eigenvalue weighted by molar-refractivity contribution is 0.148. The SMILES string of the molecule is C[C@H](c1oc(=O)c2ccccc2c1-c1cccc(CN2CCN(C)CC2)c1)n1nc(-c2cncc(O)c2)c2c(N)ncnc21. The third-order valence-electron chi connectivity index (χ3n) is 8.34. The largest absolute Gasteiger partial charge is 0.506 e. The molecule has 222 valence electrons. The molecule has 1 saturated heterocycles. The van der Waals surface area contributed by atoms with E-state index in [0.717, 1.165) is 49.2 Å². The number of nitrogens with two attached hydrogens (primary N) is 1. The zero-order valence-corrected chi connectivity index (χ0v) is 24.5. The fourth-order valence-electron chi connectivity index (χ4n) is 6.03. The van der Waals surface area contributed by atoms with Crippen molar-refractivity contribution >= 4 is 27.6 Å². The maximum atomic E-state index is 13.4. The Morgan fingerprint density at radius 1 is 0.977 bits per heavy atom. The van der Waals surface area contributed by atoms with Gasteiger partial charge in [-0.3, -0.25) is 9.88 Å². The number of hydrogen-bond donors (Lipinski definition) is 2. The predicted octanol–water partition coefficient (Wildman–Crippen LogP) is 4.31. The Morgan fingerprint density at radius 2 is 1.77 bits per heavy atom. The minimum absolute atomic E-state index is 0.00654. The van der Waals surface area contributed by atoms with Gasteiger partial charge in [0.1, 0.15) is 35.4 Å². The number of aromatic nitrogens is 5. The van der Waals surface area contributed by atoms with Crippen LogP contribution in [0.1, 0.15) is 24.3 Å². The van der Waals surface area contributed by atoms with Gasteiger partial charge in [-0.1, -0.05) is 36.4 Å². The molecule has 0 aliphatic carbocycles. The van der Waals surface area contributed by atoms with Gasteiger partial charge in [-0.2, -0.15) is 5.10 Å². The number of nitrogens with zero attached hydrogens (tertiary/aromatic N) is 7. The Bertz CT molecular complexity index is 2060. The number of rotatable bonds is 6. The first-order valence-corrected chi connectivity index (χ1v) is 14.6. The van der Waals surface area contributed by atoms with Gasteiger partial charge in [0.25, 0.3) is 0 Å². The minimum Gasteiger partial charge on any atom is -0.506 e. The lowest BCUT2D eigenvalue weighted by Crippen LogP contribution is -2.43. The first-order valence-electron chi connectivity index (χ1n) is 14.6. The van der Waals surface area contributed by atoms with E-state index in [2.05, 4.69) is 56.1 Å². The molecule has 0 radical (unpaired) electrons. The highest BCUT2D eigenvalue weighted by Gasteiger charge is 2.27. The quantitative estimate of drug-likeness (QED) is 0.289. The van der Waals surface area contributed by atoms with Crippen molar-refractivity contribution in [3.05, 3.63) is 95.1 Å². The van der Waals surface area contributed by atoms with Crippen molar-refractivity contribution in [2.24, 2.45) is 0 Å². The standard InChI is InChI=1S/C33H32N8O3/c1-20(41-32-28(31(34)36-19-37-32)29(38-41)23-15-24(42)17-35-16-23)30-27(25-8-3-4-9-26(25)33(43)44-30)22-7-5-6-21(14-22)18-40-12-10-39(2)11-13-40/h3-9,14-17,19-20,42H,10-13,18H2,1-2H3,(H2,34,36,37)/t20-/m1/s1. The molecule has 4 aromatic heterocycles. The summed E-state index contributed by atoms with van der Waals surface area (Å²) in [4.78, 5) is 31.0. The molecule has 7 rings (SSSR count). The van der Waals surface area contributed by atoms with Crippen LogP contribution in [-0.4, -0.2) is 72.9 Å². The zero-order valence-electron chi connectivity index (χ0n) is 24.5. The van der Waals surface area contributed by atoms with Gasteiger partial charge in [0.15, 0.2) is 5.65 Å². The molecule has 2 aromatic carbocycles. The molecule has 44 heavy (non-hydrogen) atoms. The first kappa shape index (κ1) is 27.7. The van der Waals surface area contributed by atoms with E-state index in [1.165, 1.54) is 18.1 Å². The van der Waals surface area contributed by atoms with Gasteiger partial charge < -0.3 is 20.2 Å². The highest BCUT2D eigenvalue weighted by atomic mass is 16.4. The molecule has 0 bridgehead atoms. The number of benzene rings is 2. The Morgan fingerprint density at radius 3 is 2.57 bits per heavy atom.